The molecule has 108 valence electrons. The molecule has 0 radical (unpaired) electrons. The lowest BCUT2D eigenvalue weighted by molar-refractivity contribution is -0.140. The molecule has 0 amide bonds. The van der Waals surface area contributed by atoms with E-state index in [9.17, 15) is 4.79 Å². The van der Waals surface area contributed by atoms with Crippen LogP contribution in [0.4, 0.5) is 0 Å². The third-order valence-electron chi connectivity index (χ3n) is 3.88. The van der Waals surface area contributed by atoms with Gasteiger partial charge in [0.1, 0.15) is 0 Å². The summed E-state index contributed by atoms with van der Waals surface area (Å²) >= 11 is 0. The molecule has 0 aliphatic rings. The molecule has 0 bridgehead atoms. The van der Waals surface area contributed by atoms with Gasteiger partial charge in [0.25, 0.3) is 0 Å². The number of nitrogens with zero attached hydrogens (tertiary/aromatic N) is 1. The molecule has 18 heavy (non-hydrogen) atoms. The van der Waals surface area contributed by atoms with Gasteiger partial charge in [0.15, 0.2) is 0 Å². The average Bonchev–Trinajstić information content (AvgIpc) is 2.29. The first-order valence-corrected chi connectivity index (χ1v) is 7.47. The number of aliphatic carboxylic acids is 1. The molecule has 0 spiro atoms. The first-order chi connectivity index (χ1) is 8.50. The van der Waals surface area contributed by atoms with Gasteiger partial charge in [0, 0.05) is 5.54 Å². The van der Waals surface area contributed by atoms with E-state index in [1.54, 1.807) is 0 Å². The van der Waals surface area contributed by atoms with Crippen molar-refractivity contribution in [3.63, 3.8) is 0 Å². The van der Waals surface area contributed by atoms with Gasteiger partial charge in [-0.05, 0) is 26.4 Å². The molecule has 0 aromatic rings. The topological polar surface area (TPSA) is 40.5 Å². The molecule has 3 heteroatoms. The fraction of sp³-hybridized carbons (Fsp3) is 0.933. The summed E-state index contributed by atoms with van der Waals surface area (Å²) in [4.78, 5) is 13.4. The van der Waals surface area contributed by atoms with Crippen LogP contribution in [0.2, 0.25) is 0 Å². The molecule has 0 heterocycles. The Morgan fingerprint density at radius 1 is 1.06 bits per heavy atom. The summed E-state index contributed by atoms with van der Waals surface area (Å²) in [5.74, 6) is -0.682. The highest BCUT2D eigenvalue weighted by molar-refractivity contribution is 5.68. The SMILES string of the molecule is CCCCCCCC(C)(CC(=O)O)N(CC)CC. The van der Waals surface area contributed by atoms with E-state index >= 15 is 0 Å². The van der Waals surface area contributed by atoms with E-state index in [4.69, 9.17) is 5.11 Å². The van der Waals surface area contributed by atoms with Crippen LogP contribution in [0.25, 0.3) is 0 Å². The van der Waals surface area contributed by atoms with E-state index in [0.717, 1.165) is 25.9 Å². The van der Waals surface area contributed by atoms with Crippen molar-refractivity contribution in [3.05, 3.63) is 0 Å². The summed E-state index contributed by atoms with van der Waals surface area (Å²) in [5, 5.41) is 9.10. The Morgan fingerprint density at radius 2 is 1.61 bits per heavy atom. The lowest BCUT2D eigenvalue weighted by atomic mass is 9.88. The van der Waals surface area contributed by atoms with Crippen molar-refractivity contribution in [2.75, 3.05) is 13.1 Å². The van der Waals surface area contributed by atoms with Crippen LogP contribution >= 0.6 is 0 Å². The smallest absolute Gasteiger partial charge is 0.305 e. The second-order valence-corrected chi connectivity index (χ2v) is 5.40. The van der Waals surface area contributed by atoms with Crippen molar-refractivity contribution in [1.82, 2.24) is 4.90 Å². The minimum atomic E-state index is -0.682. The lowest BCUT2D eigenvalue weighted by Gasteiger charge is -2.39. The van der Waals surface area contributed by atoms with Crippen LogP contribution < -0.4 is 0 Å². The van der Waals surface area contributed by atoms with Gasteiger partial charge in [-0.1, -0.05) is 52.9 Å². The standard InChI is InChI=1S/C15H31NO2/c1-5-8-9-10-11-12-15(4,13-14(17)18)16(6-2)7-3/h5-13H2,1-4H3,(H,17,18). The molecule has 0 rings (SSSR count). The van der Waals surface area contributed by atoms with Gasteiger partial charge in [-0.25, -0.2) is 0 Å². The van der Waals surface area contributed by atoms with Crippen molar-refractivity contribution in [1.29, 1.82) is 0 Å². The van der Waals surface area contributed by atoms with E-state index in [1.165, 1.54) is 25.7 Å². The summed E-state index contributed by atoms with van der Waals surface area (Å²) in [5.41, 5.74) is -0.179. The van der Waals surface area contributed by atoms with Crippen LogP contribution in [-0.4, -0.2) is 34.6 Å². The van der Waals surface area contributed by atoms with Crippen LogP contribution in [0, 0.1) is 0 Å². The quantitative estimate of drug-likeness (QED) is 0.570. The van der Waals surface area contributed by atoms with E-state index in [1.807, 2.05) is 0 Å². The number of hydrogen-bond donors (Lipinski definition) is 1. The summed E-state index contributed by atoms with van der Waals surface area (Å²) in [6.45, 7) is 10.4. The molecule has 0 saturated heterocycles. The van der Waals surface area contributed by atoms with Crippen molar-refractivity contribution < 1.29 is 9.90 Å². The molecule has 0 aromatic carbocycles. The van der Waals surface area contributed by atoms with Crippen LogP contribution in [0.15, 0.2) is 0 Å². The zero-order chi connectivity index (χ0) is 14.0. The average molecular weight is 257 g/mol. The number of carbonyl (C=O) groups is 1. The van der Waals surface area contributed by atoms with Gasteiger partial charge in [0.2, 0.25) is 0 Å². The van der Waals surface area contributed by atoms with E-state index in [0.29, 0.717) is 0 Å². The largest absolute Gasteiger partial charge is 0.481 e. The Bertz CT molecular complexity index is 227. The first-order valence-electron chi connectivity index (χ1n) is 7.47. The van der Waals surface area contributed by atoms with Crippen LogP contribution in [0.1, 0.15) is 72.6 Å². The highest BCUT2D eigenvalue weighted by Crippen LogP contribution is 2.26. The molecule has 1 unspecified atom stereocenters. The molecule has 0 aromatic heterocycles. The van der Waals surface area contributed by atoms with Crippen LogP contribution in [-0.2, 0) is 4.79 Å². The van der Waals surface area contributed by atoms with Crippen molar-refractivity contribution >= 4 is 5.97 Å². The van der Waals surface area contributed by atoms with Gasteiger partial charge in [-0.2, -0.15) is 0 Å². The molecule has 0 saturated carbocycles. The summed E-state index contributed by atoms with van der Waals surface area (Å²) < 4.78 is 0. The second kappa shape index (κ2) is 9.37. The Morgan fingerprint density at radius 3 is 2.06 bits per heavy atom. The summed E-state index contributed by atoms with van der Waals surface area (Å²) in [6, 6.07) is 0. The first kappa shape index (κ1) is 17.4. The summed E-state index contributed by atoms with van der Waals surface area (Å²) in [6.07, 6.45) is 7.43. The normalized spacial score (nSPS) is 14.7. The third-order valence-corrected chi connectivity index (χ3v) is 3.88. The Kier molecular flexibility index (Phi) is 9.08. The van der Waals surface area contributed by atoms with Gasteiger partial charge in [-0.15, -0.1) is 0 Å². The molecule has 0 aliphatic heterocycles. The highest BCUT2D eigenvalue weighted by atomic mass is 16.4. The van der Waals surface area contributed by atoms with Gasteiger partial charge < -0.3 is 5.11 Å². The number of rotatable bonds is 11. The molecular weight excluding hydrogens is 226 g/mol. The zero-order valence-electron chi connectivity index (χ0n) is 12.7. The van der Waals surface area contributed by atoms with E-state index in [2.05, 4.69) is 32.6 Å². The van der Waals surface area contributed by atoms with Crippen LogP contribution in [0.5, 0.6) is 0 Å². The van der Waals surface area contributed by atoms with E-state index < -0.39 is 5.97 Å². The van der Waals surface area contributed by atoms with Gasteiger partial charge in [-0.3, -0.25) is 9.69 Å². The van der Waals surface area contributed by atoms with Gasteiger partial charge in [0.05, 0.1) is 6.42 Å². The number of unbranched alkanes of at least 4 members (excludes halogenated alkanes) is 4. The third kappa shape index (κ3) is 6.39. The van der Waals surface area contributed by atoms with Crippen molar-refractivity contribution in [2.24, 2.45) is 0 Å². The molecular formula is C15H31NO2. The fourth-order valence-electron chi connectivity index (χ4n) is 2.78. The Hall–Kier alpha value is -0.570. The summed E-state index contributed by atoms with van der Waals surface area (Å²) in [7, 11) is 0. The monoisotopic (exact) mass is 257 g/mol. The molecule has 0 fully saturated rings. The predicted molar refractivity (Wildman–Crippen MR) is 77.0 cm³/mol. The number of hydrogen-bond acceptors (Lipinski definition) is 2. The van der Waals surface area contributed by atoms with Crippen molar-refractivity contribution in [3.8, 4) is 0 Å². The minimum Gasteiger partial charge on any atom is -0.481 e. The zero-order valence-corrected chi connectivity index (χ0v) is 12.7. The van der Waals surface area contributed by atoms with E-state index in [-0.39, 0.29) is 12.0 Å². The highest BCUT2D eigenvalue weighted by Gasteiger charge is 2.31. The van der Waals surface area contributed by atoms with Gasteiger partial charge >= 0.3 is 5.97 Å². The van der Waals surface area contributed by atoms with Crippen LogP contribution in [0.3, 0.4) is 0 Å². The minimum absolute atomic E-state index is 0.179. The molecule has 3 nitrogen and oxygen atoms in total. The molecule has 1 atom stereocenters. The van der Waals surface area contributed by atoms with Crippen molar-refractivity contribution in [2.45, 2.75) is 78.2 Å². The number of carboxylic acid groups (broad SMARTS) is 1. The Labute approximate surface area is 113 Å². The maximum atomic E-state index is 11.1. The lowest BCUT2D eigenvalue weighted by Crippen LogP contribution is -2.47. The molecule has 0 aliphatic carbocycles. The second-order valence-electron chi connectivity index (χ2n) is 5.40. The maximum absolute atomic E-state index is 11.1. The maximum Gasteiger partial charge on any atom is 0.305 e. The number of carboxylic acids is 1. The molecule has 1 N–H and O–H groups in total. The Balaban J connectivity index is 4.33. The predicted octanol–water partition coefficient (Wildman–Crippen LogP) is 3.92. The fourth-order valence-corrected chi connectivity index (χ4v) is 2.78.